The van der Waals surface area contributed by atoms with Crippen LogP contribution in [0.25, 0.3) is 54.6 Å². The van der Waals surface area contributed by atoms with E-state index >= 15 is 0 Å². The van der Waals surface area contributed by atoms with E-state index in [1.165, 1.54) is 71.8 Å². The molecule has 0 bridgehead atoms. The number of rotatable bonds is 3. The van der Waals surface area contributed by atoms with Gasteiger partial charge in [-0.25, -0.2) is 0 Å². The van der Waals surface area contributed by atoms with Crippen LogP contribution >= 0.6 is 0 Å². The summed E-state index contributed by atoms with van der Waals surface area (Å²) in [7, 11) is 0.849. The molecule has 240 valence electrons. The Morgan fingerprint density at radius 1 is 0.569 bits per heavy atom. The lowest BCUT2D eigenvalue weighted by Crippen LogP contribution is -2.45. The highest BCUT2D eigenvalue weighted by Gasteiger charge is 2.41. The molecule has 1 aromatic heterocycles. The van der Waals surface area contributed by atoms with Crippen LogP contribution in [0.5, 0.6) is 0 Å². The predicted octanol–water partition coefficient (Wildman–Crippen LogP) is 11.1. The highest BCUT2D eigenvalue weighted by atomic mass is 16.3. The third-order valence-electron chi connectivity index (χ3n) is 11.4. The van der Waals surface area contributed by atoms with Crippen LogP contribution in [0, 0.1) is 0 Å². The number of nitrogens with zero attached hydrogens (tertiary/aromatic N) is 1. The normalized spacial score (nSPS) is 14.0. The average Bonchev–Trinajstić information content (AvgIpc) is 3.55. The van der Waals surface area contributed by atoms with Crippen molar-refractivity contribution in [1.82, 2.24) is 0 Å². The molecule has 2 aliphatic heterocycles. The van der Waals surface area contributed by atoms with Gasteiger partial charge >= 0.3 is 0 Å². The summed E-state index contributed by atoms with van der Waals surface area (Å²) in [5.74, 6) is 0. The lowest BCUT2D eigenvalue weighted by atomic mass is 9.55. The third kappa shape index (κ3) is 4.02. The Kier molecular flexibility index (Phi) is 5.82. The second-order valence-corrected chi connectivity index (χ2v) is 14.6. The van der Waals surface area contributed by atoms with Crippen molar-refractivity contribution in [2.75, 3.05) is 10.2 Å². The zero-order valence-corrected chi connectivity index (χ0v) is 28.5. The van der Waals surface area contributed by atoms with Gasteiger partial charge in [0.15, 0.2) is 7.28 Å². The Hall–Kier alpha value is -6.26. The smallest absolute Gasteiger partial charge is 0.198 e. The number of benzene rings is 8. The standard InChI is InChI=1S/C47H33BN2O/c1-47(2)34-18-8-9-22-39(34)50-40-27-30-15-5-6-16-31(30)43(45(40)48-36-20-11-19-35(47)46(36)50)33-25-28-13-3-4-14-29(28)26-38(33)49-37-21-12-24-42-44(37)32-17-7-10-23-41(32)51-42/h3-27,48-49H,1-2H3. The minimum absolute atomic E-state index is 0.108. The second-order valence-electron chi connectivity index (χ2n) is 14.6. The van der Waals surface area contributed by atoms with Gasteiger partial charge in [-0.05, 0) is 86.2 Å². The molecule has 0 radical (unpaired) electrons. The van der Waals surface area contributed by atoms with Crippen molar-refractivity contribution in [2.24, 2.45) is 0 Å². The van der Waals surface area contributed by atoms with Crippen molar-refractivity contribution >= 4 is 90.1 Å². The fraction of sp³-hybridized carbons (Fsp3) is 0.0638. The van der Waals surface area contributed by atoms with Crippen molar-refractivity contribution in [2.45, 2.75) is 19.3 Å². The van der Waals surface area contributed by atoms with E-state index in [0.29, 0.717) is 0 Å². The maximum Gasteiger partial charge on any atom is 0.198 e. The molecule has 0 amide bonds. The second kappa shape index (κ2) is 10.4. The zero-order valence-electron chi connectivity index (χ0n) is 28.5. The van der Waals surface area contributed by atoms with Gasteiger partial charge in [0.1, 0.15) is 11.2 Å². The number of hydrogen-bond donors (Lipinski definition) is 1. The molecule has 3 nitrogen and oxygen atoms in total. The number of para-hydroxylation sites is 3. The van der Waals surface area contributed by atoms with Crippen molar-refractivity contribution < 1.29 is 4.42 Å². The number of anilines is 5. The van der Waals surface area contributed by atoms with Crippen LogP contribution < -0.4 is 21.1 Å². The van der Waals surface area contributed by atoms with Gasteiger partial charge < -0.3 is 14.6 Å². The fourth-order valence-corrected chi connectivity index (χ4v) is 9.04. The van der Waals surface area contributed by atoms with Gasteiger partial charge in [-0.3, -0.25) is 0 Å². The molecule has 4 heteroatoms. The molecular weight excluding hydrogens is 619 g/mol. The highest BCUT2D eigenvalue weighted by Crippen LogP contribution is 2.53. The number of hydrogen-bond acceptors (Lipinski definition) is 3. The molecule has 0 saturated heterocycles. The molecule has 0 fully saturated rings. The van der Waals surface area contributed by atoms with E-state index in [4.69, 9.17) is 4.42 Å². The molecule has 2 aliphatic rings. The lowest BCUT2D eigenvalue weighted by molar-refractivity contribution is 0.632. The Bertz CT molecular complexity index is 2920. The predicted molar refractivity (Wildman–Crippen MR) is 217 cm³/mol. The van der Waals surface area contributed by atoms with Gasteiger partial charge in [0.05, 0.1) is 16.8 Å². The van der Waals surface area contributed by atoms with E-state index in [1.807, 2.05) is 12.1 Å². The molecule has 0 aliphatic carbocycles. The molecule has 0 spiro atoms. The molecule has 3 heterocycles. The Labute approximate surface area is 297 Å². The summed E-state index contributed by atoms with van der Waals surface area (Å²) in [5, 5.41) is 11.1. The number of fused-ring (bicyclic) bond motifs is 9. The van der Waals surface area contributed by atoms with Crippen molar-refractivity contribution in [3.63, 3.8) is 0 Å². The quantitative estimate of drug-likeness (QED) is 0.193. The lowest BCUT2D eigenvalue weighted by Gasteiger charge is -2.46. The Morgan fingerprint density at radius 2 is 1.25 bits per heavy atom. The molecule has 0 saturated carbocycles. The number of furan rings is 1. The molecule has 9 aromatic rings. The fourth-order valence-electron chi connectivity index (χ4n) is 9.04. The van der Waals surface area contributed by atoms with Crippen LogP contribution in [0.4, 0.5) is 28.4 Å². The molecule has 51 heavy (non-hydrogen) atoms. The summed E-state index contributed by atoms with van der Waals surface area (Å²) >= 11 is 0. The molecule has 0 unspecified atom stereocenters. The summed E-state index contributed by atoms with van der Waals surface area (Å²) in [6, 6.07) is 55.3. The minimum Gasteiger partial charge on any atom is -0.456 e. The summed E-state index contributed by atoms with van der Waals surface area (Å²) in [6.45, 7) is 4.74. The summed E-state index contributed by atoms with van der Waals surface area (Å²) in [6.07, 6.45) is 0. The SMILES string of the molecule is CC1(C)c2ccccc2N2c3cc4ccccc4c(-c4cc5ccccc5cc4Nc4cccc5oc6ccccc6c45)c3Bc3cccc1c32. The summed E-state index contributed by atoms with van der Waals surface area (Å²) in [4.78, 5) is 2.56. The molecule has 1 N–H and O–H groups in total. The average molecular weight is 653 g/mol. The summed E-state index contributed by atoms with van der Waals surface area (Å²) < 4.78 is 6.32. The van der Waals surface area contributed by atoms with Gasteiger partial charge in [0.2, 0.25) is 0 Å². The highest BCUT2D eigenvalue weighted by molar-refractivity contribution is 6.74. The van der Waals surface area contributed by atoms with E-state index < -0.39 is 0 Å². The minimum atomic E-state index is -0.108. The van der Waals surface area contributed by atoms with Gasteiger partial charge in [-0.2, -0.15) is 0 Å². The first-order valence-electron chi connectivity index (χ1n) is 17.8. The van der Waals surface area contributed by atoms with E-state index in [1.54, 1.807) is 0 Å². The first kappa shape index (κ1) is 28.6. The molecule has 0 atom stereocenters. The van der Waals surface area contributed by atoms with Gasteiger partial charge in [0.25, 0.3) is 0 Å². The molecular formula is C47H33BN2O. The van der Waals surface area contributed by atoms with Gasteiger partial charge in [-0.15, -0.1) is 0 Å². The van der Waals surface area contributed by atoms with E-state index in [0.717, 1.165) is 40.6 Å². The largest absolute Gasteiger partial charge is 0.456 e. The van der Waals surface area contributed by atoms with Crippen LogP contribution in [0.2, 0.25) is 0 Å². The maximum absolute atomic E-state index is 6.32. The third-order valence-corrected chi connectivity index (χ3v) is 11.4. The van der Waals surface area contributed by atoms with Crippen LogP contribution in [0.15, 0.2) is 156 Å². The zero-order chi connectivity index (χ0) is 33.8. The van der Waals surface area contributed by atoms with Crippen molar-refractivity contribution in [1.29, 1.82) is 0 Å². The van der Waals surface area contributed by atoms with Crippen LogP contribution in [0.3, 0.4) is 0 Å². The van der Waals surface area contributed by atoms with Crippen LogP contribution in [-0.4, -0.2) is 7.28 Å². The first-order valence-corrected chi connectivity index (χ1v) is 17.8. The topological polar surface area (TPSA) is 28.4 Å². The Balaban J connectivity index is 1.22. The molecule has 8 aromatic carbocycles. The molecule has 11 rings (SSSR count). The van der Waals surface area contributed by atoms with Crippen molar-refractivity contribution in [3.8, 4) is 11.1 Å². The summed E-state index contributed by atoms with van der Waals surface area (Å²) in [5.41, 5.74) is 15.5. The van der Waals surface area contributed by atoms with Crippen LogP contribution in [0.1, 0.15) is 25.0 Å². The Morgan fingerprint density at radius 3 is 2.14 bits per heavy atom. The van der Waals surface area contributed by atoms with Crippen molar-refractivity contribution in [3.05, 3.63) is 163 Å². The van der Waals surface area contributed by atoms with E-state index in [-0.39, 0.29) is 5.41 Å². The van der Waals surface area contributed by atoms with Crippen LogP contribution in [-0.2, 0) is 5.41 Å². The first-order chi connectivity index (χ1) is 25.0. The van der Waals surface area contributed by atoms with E-state index in [9.17, 15) is 0 Å². The number of nitrogens with one attached hydrogen (secondary N) is 1. The van der Waals surface area contributed by atoms with Gasteiger partial charge in [0, 0.05) is 33.4 Å². The van der Waals surface area contributed by atoms with E-state index in [2.05, 4.69) is 164 Å². The maximum atomic E-state index is 6.32. The monoisotopic (exact) mass is 652 g/mol. The van der Waals surface area contributed by atoms with Gasteiger partial charge in [-0.1, -0.05) is 129 Å².